The number of hydrogen-bond acceptors (Lipinski definition) is 5. The first-order valence-electron chi connectivity index (χ1n) is 6.45. The molecule has 0 aliphatic heterocycles. The summed E-state index contributed by atoms with van der Waals surface area (Å²) in [7, 11) is 0. The van der Waals surface area contributed by atoms with Crippen molar-refractivity contribution in [3.8, 4) is 11.5 Å². The third kappa shape index (κ3) is 3.14. The third-order valence-electron chi connectivity index (χ3n) is 2.99. The van der Waals surface area contributed by atoms with E-state index in [1.165, 1.54) is 6.39 Å². The number of carbonyl (C=O) groups excluding carboxylic acids is 1. The maximum atomic E-state index is 12.0. The van der Waals surface area contributed by atoms with Crippen molar-refractivity contribution in [2.45, 2.75) is 6.42 Å². The van der Waals surface area contributed by atoms with E-state index in [1.54, 1.807) is 36.8 Å². The molecule has 0 aliphatic carbocycles. The first kappa shape index (κ1) is 13.0. The Morgan fingerprint density at radius 3 is 2.81 bits per heavy atom. The van der Waals surface area contributed by atoms with Crippen LogP contribution in [0.4, 0.5) is 0 Å². The molecule has 0 radical (unpaired) electrons. The first-order valence-corrected chi connectivity index (χ1v) is 6.45. The van der Waals surface area contributed by atoms with Crippen LogP contribution in [0.3, 0.4) is 0 Å². The van der Waals surface area contributed by atoms with Gasteiger partial charge in [0, 0.05) is 36.0 Å². The standard InChI is InChI=1S/C14H13N5O2/c20-13(16-6-5-12-7-15-8-17-12)10-1-3-11(4-2-10)14-19-18-9-21-14/h1-4,7-9H,5-6H2,(H,15,17)(H,16,20). The molecule has 0 atom stereocenters. The van der Waals surface area contributed by atoms with Gasteiger partial charge in [-0.05, 0) is 24.3 Å². The first-order chi connectivity index (χ1) is 10.3. The number of nitrogens with one attached hydrogen (secondary N) is 2. The molecule has 7 nitrogen and oxygen atoms in total. The molecule has 1 aromatic carbocycles. The maximum Gasteiger partial charge on any atom is 0.251 e. The molecule has 0 unspecified atom stereocenters. The van der Waals surface area contributed by atoms with Gasteiger partial charge in [-0.15, -0.1) is 10.2 Å². The molecule has 7 heteroatoms. The Kier molecular flexibility index (Phi) is 3.72. The molecule has 0 fully saturated rings. The Bertz CT molecular complexity index is 690. The molecule has 0 aliphatic rings. The van der Waals surface area contributed by atoms with Crippen LogP contribution in [-0.2, 0) is 6.42 Å². The second-order valence-corrected chi connectivity index (χ2v) is 4.40. The Hall–Kier alpha value is -2.96. The van der Waals surface area contributed by atoms with E-state index in [9.17, 15) is 4.79 Å². The number of hydrogen-bond donors (Lipinski definition) is 2. The van der Waals surface area contributed by atoms with Gasteiger partial charge in [0.1, 0.15) is 0 Å². The molecule has 0 spiro atoms. The summed E-state index contributed by atoms with van der Waals surface area (Å²) in [6.07, 6.45) is 5.34. The molecule has 2 aromatic heterocycles. The summed E-state index contributed by atoms with van der Waals surface area (Å²) in [4.78, 5) is 18.9. The summed E-state index contributed by atoms with van der Waals surface area (Å²) in [6.45, 7) is 0.548. The highest BCUT2D eigenvalue weighted by atomic mass is 16.4. The van der Waals surface area contributed by atoms with Crippen molar-refractivity contribution in [3.63, 3.8) is 0 Å². The van der Waals surface area contributed by atoms with Gasteiger partial charge in [0.15, 0.2) is 0 Å². The van der Waals surface area contributed by atoms with Gasteiger partial charge in [-0.1, -0.05) is 0 Å². The quantitative estimate of drug-likeness (QED) is 0.738. The summed E-state index contributed by atoms with van der Waals surface area (Å²) in [5.74, 6) is 0.313. The number of benzene rings is 1. The predicted molar refractivity (Wildman–Crippen MR) is 74.4 cm³/mol. The predicted octanol–water partition coefficient (Wildman–Crippen LogP) is 1.43. The minimum atomic E-state index is -0.119. The van der Waals surface area contributed by atoms with Gasteiger partial charge in [-0.2, -0.15) is 0 Å². The largest absolute Gasteiger partial charge is 0.423 e. The SMILES string of the molecule is O=C(NCCc1cnc[nH]1)c1ccc(-c2nnco2)cc1. The minimum absolute atomic E-state index is 0.119. The third-order valence-corrected chi connectivity index (χ3v) is 2.99. The van der Waals surface area contributed by atoms with Crippen molar-refractivity contribution in [2.24, 2.45) is 0 Å². The summed E-state index contributed by atoms with van der Waals surface area (Å²) in [5.41, 5.74) is 2.35. The van der Waals surface area contributed by atoms with Crippen molar-refractivity contribution in [1.82, 2.24) is 25.5 Å². The van der Waals surface area contributed by atoms with Gasteiger partial charge in [0.05, 0.1) is 6.33 Å². The molecule has 0 bridgehead atoms. The van der Waals surface area contributed by atoms with Crippen molar-refractivity contribution in [3.05, 3.63) is 54.4 Å². The molecule has 3 aromatic rings. The Morgan fingerprint density at radius 1 is 1.29 bits per heavy atom. The van der Waals surface area contributed by atoms with E-state index in [2.05, 4.69) is 25.5 Å². The monoisotopic (exact) mass is 283 g/mol. The van der Waals surface area contributed by atoms with Gasteiger partial charge in [-0.25, -0.2) is 4.98 Å². The van der Waals surface area contributed by atoms with E-state index >= 15 is 0 Å². The van der Waals surface area contributed by atoms with Crippen molar-refractivity contribution >= 4 is 5.91 Å². The van der Waals surface area contributed by atoms with Crippen molar-refractivity contribution < 1.29 is 9.21 Å². The van der Waals surface area contributed by atoms with E-state index in [1.807, 2.05) is 0 Å². The lowest BCUT2D eigenvalue weighted by atomic mass is 10.1. The van der Waals surface area contributed by atoms with Crippen LogP contribution in [-0.4, -0.2) is 32.6 Å². The zero-order valence-electron chi connectivity index (χ0n) is 11.1. The molecule has 0 saturated carbocycles. The number of H-pyrrole nitrogens is 1. The molecular formula is C14H13N5O2. The number of nitrogens with zero attached hydrogens (tertiary/aromatic N) is 3. The van der Waals surface area contributed by atoms with Crippen LogP contribution in [0.5, 0.6) is 0 Å². The number of aromatic nitrogens is 4. The van der Waals surface area contributed by atoms with Gasteiger partial charge in [-0.3, -0.25) is 4.79 Å². The number of rotatable bonds is 5. The van der Waals surface area contributed by atoms with Crippen LogP contribution in [0, 0.1) is 0 Å². The van der Waals surface area contributed by atoms with Crippen molar-refractivity contribution in [1.29, 1.82) is 0 Å². The van der Waals surface area contributed by atoms with Crippen molar-refractivity contribution in [2.75, 3.05) is 6.54 Å². The number of carbonyl (C=O) groups is 1. The van der Waals surface area contributed by atoms with Crippen LogP contribution in [0.25, 0.3) is 11.5 Å². The highest BCUT2D eigenvalue weighted by Gasteiger charge is 2.07. The van der Waals surface area contributed by atoms with E-state index in [-0.39, 0.29) is 5.91 Å². The van der Waals surface area contributed by atoms with Crippen LogP contribution >= 0.6 is 0 Å². The highest BCUT2D eigenvalue weighted by Crippen LogP contribution is 2.16. The van der Waals surface area contributed by atoms with Gasteiger partial charge >= 0.3 is 0 Å². The molecule has 2 heterocycles. The fourth-order valence-corrected chi connectivity index (χ4v) is 1.90. The van der Waals surface area contributed by atoms with Crippen LogP contribution in [0.15, 0.2) is 47.6 Å². The smallest absolute Gasteiger partial charge is 0.251 e. The van der Waals surface area contributed by atoms with Crippen LogP contribution < -0.4 is 5.32 Å². The fourth-order valence-electron chi connectivity index (χ4n) is 1.90. The molecule has 2 N–H and O–H groups in total. The van der Waals surface area contributed by atoms with Gasteiger partial charge in [0.2, 0.25) is 12.3 Å². The lowest BCUT2D eigenvalue weighted by molar-refractivity contribution is 0.0954. The lowest BCUT2D eigenvalue weighted by Gasteiger charge is -2.04. The second-order valence-electron chi connectivity index (χ2n) is 4.40. The zero-order valence-corrected chi connectivity index (χ0v) is 11.1. The number of aromatic amines is 1. The summed E-state index contributed by atoms with van der Waals surface area (Å²) < 4.78 is 5.09. The molecule has 21 heavy (non-hydrogen) atoms. The number of amides is 1. The van der Waals surface area contributed by atoms with Crippen LogP contribution in [0.1, 0.15) is 16.1 Å². The molecule has 106 valence electrons. The molecule has 0 saturated heterocycles. The summed E-state index contributed by atoms with van der Waals surface area (Å²) in [5, 5.41) is 10.3. The maximum absolute atomic E-state index is 12.0. The molecule has 3 rings (SSSR count). The average molecular weight is 283 g/mol. The normalized spacial score (nSPS) is 10.5. The van der Waals surface area contributed by atoms with Gasteiger partial charge in [0.25, 0.3) is 5.91 Å². The molecular weight excluding hydrogens is 270 g/mol. The average Bonchev–Trinajstić information content (AvgIpc) is 3.21. The van der Waals surface area contributed by atoms with E-state index in [0.29, 0.717) is 24.4 Å². The Labute approximate surface area is 120 Å². The highest BCUT2D eigenvalue weighted by molar-refractivity contribution is 5.94. The lowest BCUT2D eigenvalue weighted by Crippen LogP contribution is -2.25. The van der Waals surface area contributed by atoms with Gasteiger partial charge < -0.3 is 14.7 Å². The van der Waals surface area contributed by atoms with E-state index < -0.39 is 0 Å². The number of imidazole rings is 1. The van der Waals surface area contributed by atoms with E-state index in [0.717, 1.165) is 11.3 Å². The van der Waals surface area contributed by atoms with E-state index in [4.69, 9.17) is 4.42 Å². The Morgan fingerprint density at radius 2 is 2.14 bits per heavy atom. The summed E-state index contributed by atoms with van der Waals surface area (Å²) in [6, 6.07) is 7.00. The summed E-state index contributed by atoms with van der Waals surface area (Å²) >= 11 is 0. The fraction of sp³-hybridized carbons (Fsp3) is 0.143. The Balaban J connectivity index is 1.57. The topological polar surface area (TPSA) is 96.7 Å². The minimum Gasteiger partial charge on any atom is -0.423 e. The molecule has 1 amide bonds. The zero-order chi connectivity index (χ0) is 14.5. The van der Waals surface area contributed by atoms with Crippen LogP contribution in [0.2, 0.25) is 0 Å². The second kappa shape index (κ2) is 6.00.